The summed E-state index contributed by atoms with van der Waals surface area (Å²) < 4.78 is 5.22. The Labute approximate surface area is 157 Å². The molecule has 6 heteroatoms. The van der Waals surface area contributed by atoms with Crippen molar-refractivity contribution in [1.82, 2.24) is 0 Å². The molecule has 2 aromatic carbocycles. The molecule has 1 N–H and O–H groups in total. The van der Waals surface area contributed by atoms with Crippen LogP contribution in [0.3, 0.4) is 0 Å². The van der Waals surface area contributed by atoms with Crippen LogP contribution in [0.15, 0.2) is 48.5 Å². The van der Waals surface area contributed by atoms with Crippen LogP contribution in [-0.4, -0.2) is 18.0 Å². The van der Waals surface area contributed by atoms with Crippen molar-refractivity contribution in [3.05, 3.63) is 64.1 Å². The number of anilines is 1. The number of ether oxygens (including phenoxy) is 1. The highest BCUT2D eigenvalue weighted by atomic mass is 35.5. The van der Waals surface area contributed by atoms with Crippen molar-refractivity contribution in [2.45, 2.75) is 32.3 Å². The third kappa shape index (κ3) is 6.07. The number of carbonyl (C=O) groups is 2. The quantitative estimate of drug-likeness (QED) is 0.713. The van der Waals surface area contributed by atoms with Crippen LogP contribution in [0.1, 0.15) is 31.7 Å². The molecule has 0 saturated carbocycles. The number of nitrogens with one attached hydrogen (secondary N) is 1. The first kappa shape index (κ1) is 19.3. The molecule has 0 spiro atoms. The molecule has 25 heavy (non-hydrogen) atoms. The van der Waals surface area contributed by atoms with Crippen molar-refractivity contribution < 1.29 is 14.3 Å². The van der Waals surface area contributed by atoms with E-state index in [2.05, 4.69) is 5.32 Å². The van der Waals surface area contributed by atoms with Gasteiger partial charge in [0.1, 0.15) is 0 Å². The molecule has 1 amide bonds. The molecule has 132 valence electrons. The highest BCUT2D eigenvalue weighted by Gasteiger charge is 2.20. The lowest BCUT2D eigenvalue weighted by Crippen LogP contribution is -2.30. The summed E-state index contributed by atoms with van der Waals surface area (Å²) in [5.41, 5.74) is 1.49. The Kier molecular flexibility index (Phi) is 6.85. The first-order valence-electron chi connectivity index (χ1n) is 7.86. The van der Waals surface area contributed by atoms with Crippen LogP contribution in [0.4, 0.5) is 5.69 Å². The Morgan fingerprint density at radius 2 is 1.64 bits per heavy atom. The van der Waals surface area contributed by atoms with Gasteiger partial charge in [-0.3, -0.25) is 9.59 Å². The summed E-state index contributed by atoms with van der Waals surface area (Å²) >= 11 is 11.8. The Hall–Kier alpha value is -2.04. The summed E-state index contributed by atoms with van der Waals surface area (Å²) in [4.78, 5) is 24.2. The maximum absolute atomic E-state index is 12.2. The van der Waals surface area contributed by atoms with Gasteiger partial charge < -0.3 is 10.1 Å². The first-order valence-corrected chi connectivity index (χ1v) is 8.62. The zero-order valence-electron chi connectivity index (χ0n) is 14.0. The normalized spacial score (nSPS) is 13.0. The van der Waals surface area contributed by atoms with Crippen molar-refractivity contribution in [3.8, 4) is 0 Å². The molecule has 0 aromatic heterocycles. The topological polar surface area (TPSA) is 55.4 Å². The van der Waals surface area contributed by atoms with Gasteiger partial charge in [-0.2, -0.15) is 0 Å². The van der Waals surface area contributed by atoms with Crippen LogP contribution in [0, 0.1) is 0 Å². The van der Waals surface area contributed by atoms with E-state index in [1.165, 1.54) is 6.92 Å². The fourth-order valence-corrected chi connectivity index (χ4v) is 2.84. The van der Waals surface area contributed by atoms with Crippen molar-refractivity contribution in [2.75, 3.05) is 5.32 Å². The van der Waals surface area contributed by atoms with E-state index in [4.69, 9.17) is 27.9 Å². The molecule has 0 aliphatic carbocycles. The molecule has 0 saturated heterocycles. The number of hydrogen-bond donors (Lipinski definition) is 1. The molecule has 2 rings (SSSR count). The number of hydrogen-bond acceptors (Lipinski definition) is 3. The molecular weight excluding hydrogens is 361 g/mol. The number of rotatable bonds is 6. The lowest BCUT2D eigenvalue weighted by Gasteiger charge is -2.16. The lowest BCUT2D eigenvalue weighted by molar-refractivity contribution is -0.153. The predicted octanol–water partition coefficient (Wildman–Crippen LogP) is 5.06. The van der Waals surface area contributed by atoms with Crippen molar-refractivity contribution in [1.29, 1.82) is 0 Å². The van der Waals surface area contributed by atoms with Gasteiger partial charge in [0.2, 0.25) is 0 Å². The Morgan fingerprint density at radius 3 is 2.24 bits per heavy atom. The van der Waals surface area contributed by atoms with Gasteiger partial charge >= 0.3 is 5.97 Å². The van der Waals surface area contributed by atoms with E-state index in [9.17, 15) is 9.59 Å². The van der Waals surface area contributed by atoms with Gasteiger partial charge in [-0.25, -0.2) is 0 Å². The van der Waals surface area contributed by atoms with E-state index in [0.29, 0.717) is 15.7 Å². The number of benzene rings is 2. The Morgan fingerprint density at radius 1 is 1.04 bits per heavy atom. The van der Waals surface area contributed by atoms with E-state index >= 15 is 0 Å². The largest absolute Gasteiger partial charge is 0.453 e. The molecule has 0 heterocycles. The highest BCUT2D eigenvalue weighted by molar-refractivity contribution is 6.35. The molecule has 0 aliphatic heterocycles. The van der Waals surface area contributed by atoms with E-state index in [-0.39, 0.29) is 12.3 Å². The average molecular weight is 380 g/mol. The van der Waals surface area contributed by atoms with Gasteiger partial charge in [0.05, 0.1) is 6.42 Å². The van der Waals surface area contributed by atoms with Crippen LogP contribution in [-0.2, 0) is 14.3 Å². The molecule has 0 unspecified atom stereocenters. The maximum Gasteiger partial charge on any atom is 0.307 e. The van der Waals surface area contributed by atoms with Crippen molar-refractivity contribution in [3.63, 3.8) is 0 Å². The lowest BCUT2D eigenvalue weighted by atomic mass is 9.98. The summed E-state index contributed by atoms with van der Waals surface area (Å²) in [7, 11) is 0. The third-order valence-electron chi connectivity index (χ3n) is 3.65. The smallest absolute Gasteiger partial charge is 0.307 e. The number of esters is 1. The number of carbonyl (C=O) groups excluding carboxylic acids is 2. The molecule has 0 radical (unpaired) electrons. The fourth-order valence-electron chi connectivity index (χ4n) is 2.32. The highest BCUT2D eigenvalue weighted by Crippen LogP contribution is 2.23. The van der Waals surface area contributed by atoms with Crippen LogP contribution in [0.25, 0.3) is 0 Å². The molecule has 2 aromatic rings. The Bertz CT molecular complexity index is 729. The Balaban J connectivity index is 1.88. The van der Waals surface area contributed by atoms with Gasteiger partial charge in [0, 0.05) is 15.7 Å². The minimum Gasteiger partial charge on any atom is -0.453 e. The summed E-state index contributed by atoms with van der Waals surface area (Å²) in [5, 5.41) is 3.44. The van der Waals surface area contributed by atoms with Crippen molar-refractivity contribution in [2.24, 2.45) is 0 Å². The van der Waals surface area contributed by atoms with Crippen LogP contribution in [0.5, 0.6) is 0 Å². The van der Waals surface area contributed by atoms with E-state index in [1.54, 1.807) is 18.2 Å². The summed E-state index contributed by atoms with van der Waals surface area (Å²) in [6.07, 6.45) is -0.724. The second-order valence-electron chi connectivity index (χ2n) is 5.80. The van der Waals surface area contributed by atoms with Crippen LogP contribution in [0.2, 0.25) is 10.0 Å². The van der Waals surface area contributed by atoms with Crippen molar-refractivity contribution >= 4 is 40.8 Å². The van der Waals surface area contributed by atoms with Crippen LogP contribution >= 0.6 is 23.2 Å². The van der Waals surface area contributed by atoms with Crippen LogP contribution < -0.4 is 5.32 Å². The van der Waals surface area contributed by atoms with Gasteiger partial charge in [0.15, 0.2) is 6.10 Å². The second kappa shape index (κ2) is 8.88. The van der Waals surface area contributed by atoms with Gasteiger partial charge in [0.25, 0.3) is 5.91 Å². The first-order chi connectivity index (χ1) is 11.8. The molecule has 0 bridgehead atoms. The summed E-state index contributed by atoms with van der Waals surface area (Å²) in [6.45, 7) is 3.46. The molecule has 0 fully saturated rings. The third-order valence-corrected chi connectivity index (χ3v) is 4.09. The van der Waals surface area contributed by atoms with Gasteiger partial charge in [-0.1, -0.05) is 60.5 Å². The van der Waals surface area contributed by atoms with E-state index in [0.717, 1.165) is 5.56 Å². The minimum absolute atomic E-state index is 0.00991. The predicted molar refractivity (Wildman–Crippen MR) is 100 cm³/mol. The van der Waals surface area contributed by atoms with E-state index in [1.807, 2.05) is 37.3 Å². The standard InChI is InChI=1S/C19H19Cl2NO3/c1-12(14-6-4-3-5-7-14)8-18(23)25-13(2)19(24)22-17-10-15(20)9-16(21)11-17/h3-7,9-13H,8H2,1-2H3,(H,22,24)/t12-,13-/m1/s1. The summed E-state index contributed by atoms with van der Waals surface area (Å²) in [6, 6.07) is 14.4. The molecule has 4 nitrogen and oxygen atoms in total. The maximum atomic E-state index is 12.2. The second-order valence-corrected chi connectivity index (χ2v) is 6.67. The summed E-state index contributed by atoms with van der Waals surface area (Å²) in [5.74, 6) is -0.863. The monoisotopic (exact) mass is 379 g/mol. The zero-order valence-corrected chi connectivity index (χ0v) is 15.5. The number of halogens is 2. The average Bonchev–Trinajstić information content (AvgIpc) is 2.54. The number of amides is 1. The fraction of sp³-hybridized carbons (Fsp3) is 0.263. The molecule has 2 atom stereocenters. The van der Waals surface area contributed by atoms with Gasteiger partial charge in [-0.15, -0.1) is 0 Å². The SMILES string of the molecule is C[C@H](CC(=O)O[C@H](C)C(=O)Nc1cc(Cl)cc(Cl)c1)c1ccccc1. The zero-order chi connectivity index (χ0) is 18.4. The minimum atomic E-state index is -0.923. The van der Waals surface area contributed by atoms with E-state index < -0.39 is 18.0 Å². The molecular formula is C19H19Cl2NO3. The molecule has 0 aliphatic rings. The van der Waals surface area contributed by atoms with Gasteiger partial charge in [-0.05, 0) is 36.6 Å².